The van der Waals surface area contributed by atoms with Crippen molar-refractivity contribution in [3.05, 3.63) is 34.3 Å². The van der Waals surface area contributed by atoms with Crippen LogP contribution < -0.4 is 16.8 Å². The van der Waals surface area contributed by atoms with Gasteiger partial charge in [0, 0.05) is 23.3 Å². The Morgan fingerprint density at radius 3 is 2.54 bits per heavy atom. The Morgan fingerprint density at radius 2 is 2.00 bits per heavy atom. The summed E-state index contributed by atoms with van der Waals surface area (Å²) >= 11 is 0. The van der Waals surface area contributed by atoms with E-state index < -0.39 is 17.5 Å². The molecule has 1 saturated carbocycles. The van der Waals surface area contributed by atoms with Gasteiger partial charge in [-0.1, -0.05) is 0 Å². The molecule has 1 heterocycles. The first-order valence-corrected chi connectivity index (χ1v) is 8.53. The number of alkyl halides is 3. The molecule has 3 rings (SSSR count). The van der Waals surface area contributed by atoms with Crippen molar-refractivity contribution in [3.8, 4) is 11.5 Å². The van der Waals surface area contributed by atoms with Crippen LogP contribution in [0.3, 0.4) is 0 Å². The van der Waals surface area contributed by atoms with Gasteiger partial charge in [-0.3, -0.25) is 0 Å². The highest BCUT2D eigenvalue weighted by molar-refractivity contribution is 5.65. The number of H-pyrrole nitrogens is 1. The minimum atomic E-state index is -4.49. The molecular weight excluding hydrogens is 349 g/mol. The monoisotopic (exact) mass is 370 g/mol. The summed E-state index contributed by atoms with van der Waals surface area (Å²) in [6.45, 7) is 1.96. The predicted molar refractivity (Wildman–Crippen MR) is 90.6 cm³/mol. The van der Waals surface area contributed by atoms with Crippen LogP contribution >= 0.6 is 0 Å². The molecule has 0 saturated heterocycles. The standard InChI is InChI=1S/C17H21F3N4O2/c1-9(21)10-2-5-12(6-3-10)22-14-8-11(15-23-24-16(25)26-15)4-7-13(14)17(18,19)20/h4,7-10,12,22H,2-3,5-6,21H2,1H3,(H,24,25)/t9?,10-,12-. The van der Waals surface area contributed by atoms with Crippen molar-refractivity contribution in [2.24, 2.45) is 11.7 Å². The van der Waals surface area contributed by atoms with E-state index in [1.165, 1.54) is 12.1 Å². The SMILES string of the molecule is CC(N)[C@H]1CC[C@H](Nc2cc(-c3n[nH]c(=O)o3)ccc2C(F)(F)F)CC1. The van der Waals surface area contributed by atoms with Crippen molar-refractivity contribution in [1.82, 2.24) is 10.2 Å². The van der Waals surface area contributed by atoms with Crippen molar-refractivity contribution >= 4 is 5.69 Å². The molecule has 0 amide bonds. The summed E-state index contributed by atoms with van der Waals surface area (Å²) in [6.07, 6.45) is -1.22. The summed E-state index contributed by atoms with van der Waals surface area (Å²) in [6, 6.07) is 3.56. The second-order valence-corrected chi connectivity index (χ2v) is 6.79. The van der Waals surface area contributed by atoms with E-state index in [1.807, 2.05) is 6.92 Å². The first-order chi connectivity index (χ1) is 12.2. The molecule has 1 aliphatic carbocycles. The van der Waals surface area contributed by atoms with E-state index in [0.29, 0.717) is 11.5 Å². The Hall–Kier alpha value is -2.29. The molecule has 2 aromatic rings. The molecule has 4 N–H and O–H groups in total. The first-order valence-electron chi connectivity index (χ1n) is 8.53. The molecule has 1 aromatic heterocycles. The molecule has 26 heavy (non-hydrogen) atoms. The molecule has 6 nitrogen and oxygen atoms in total. The lowest BCUT2D eigenvalue weighted by Gasteiger charge is -2.32. The number of anilines is 1. The molecule has 0 radical (unpaired) electrons. The lowest BCUT2D eigenvalue weighted by molar-refractivity contribution is -0.137. The fraction of sp³-hybridized carbons (Fsp3) is 0.529. The number of rotatable bonds is 4. The summed E-state index contributed by atoms with van der Waals surface area (Å²) in [4.78, 5) is 11.1. The van der Waals surface area contributed by atoms with Gasteiger partial charge in [0.15, 0.2) is 0 Å². The Bertz CT molecular complexity index is 805. The van der Waals surface area contributed by atoms with Gasteiger partial charge >= 0.3 is 11.9 Å². The normalized spacial score (nSPS) is 22.2. The molecule has 1 atom stereocenters. The summed E-state index contributed by atoms with van der Waals surface area (Å²) < 4.78 is 44.9. The van der Waals surface area contributed by atoms with Gasteiger partial charge in [0.1, 0.15) is 0 Å². The fourth-order valence-corrected chi connectivity index (χ4v) is 3.41. The maximum Gasteiger partial charge on any atom is 0.434 e. The number of hydrogen-bond donors (Lipinski definition) is 3. The second kappa shape index (κ2) is 7.14. The summed E-state index contributed by atoms with van der Waals surface area (Å²) in [7, 11) is 0. The predicted octanol–water partition coefficient (Wildman–Crippen LogP) is 3.37. The maximum atomic E-state index is 13.4. The zero-order valence-electron chi connectivity index (χ0n) is 14.3. The second-order valence-electron chi connectivity index (χ2n) is 6.79. The van der Waals surface area contributed by atoms with Gasteiger partial charge in [0.25, 0.3) is 0 Å². The van der Waals surface area contributed by atoms with Crippen LogP contribution in [0.25, 0.3) is 11.5 Å². The topological polar surface area (TPSA) is 96.9 Å². The number of nitrogens with one attached hydrogen (secondary N) is 2. The zero-order valence-corrected chi connectivity index (χ0v) is 14.3. The van der Waals surface area contributed by atoms with Crippen LogP contribution in [0.5, 0.6) is 0 Å². The molecule has 0 bridgehead atoms. The third-order valence-electron chi connectivity index (χ3n) is 4.89. The molecule has 9 heteroatoms. The van der Waals surface area contributed by atoms with Gasteiger partial charge < -0.3 is 15.5 Å². The molecule has 142 valence electrons. The van der Waals surface area contributed by atoms with E-state index in [9.17, 15) is 18.0 Å². The van der Waals surface area contributed by atoms with Gasteiger partial charge in [0.2, 0.25) is 5.89 Å². The van der Waals surface area contributed by atoms with E-state index in [2.05, 4.69) is 15.5 Å². The molecule has 1 aromatic carbocycles. The lowest BCUT2D eigenvalue weighted by Crippen LogP contribution is -2.34. The van der Waals surface area contributed by atoms with Gasteiger partial charge in [-0.25, -0.2) is 9.89 Å². The zero-order chi connectivity index (χ0) is 18.9. The minimum Gasteiger partial charge on any atom is -0.388 e. The van der Waals surface area contributed by atoms with Crippen LogP contribution in [0.1, 0.15) is 38.2 Å². The van der Waals surface area contributed by atoms with Crippen molar-refractivity contribution < 1.29 is 17.6 Å². The Kier molecular flexibility index (Phi) is 5.08. The maximum absolute atomic E-state index is 13.4. The Labute approximate surface area is 148 Å². The number of nitrogens with two attached hydrogens (primary N) is 1. The van der Waals surface area contributed by atoms with E-state index in [-0.39, 0.29) is 23.7 Å². The Balaban J connectivity index is 1.85. The number of hydrogen-bond acceptors (Lipinski definition) is 5. The smallest absolute Gasteiger partial charge is 0.388 e. The number of aromatic amines is 1. The van der Waals surface area contributed by atoms with Gasteiger partial charge in [-0.05, 0) is 56.7 Å². The van der Waals surface area contributed by atoms with Crippen LogP contribution in [0.4, 0.5) is 18.9 Å². The van der Waals surface area contributed by atoms with E-state index >= 15 is 0 Å². The van der Waals surface area contributed by atoms with Gasteiger partial charge in [0.05, 0.1) is 5.56 Å². The summed E-state index contributed by atoms with van der Waals surface area (Å²) in [5.41, 5.74) is 5.42. The lowest BCUT2D eigenvalue weighted by atomic mass is 9.82. The van der Waals surface area contributed by atoms with E-state index in [0.717, 1.165) is 31.7 Å². The first kappa shape index (κ1) is 18.5. The van der Waals surface area contributed by atoms with Crippen molar-refractivity contribution in [2.45, 2.75) is 50.9 Å². The van der Waals surface area contributed by atoms with E-state index in [4.69, 9.17) is 10.2 Å². The van der Waals surface area contributed by atoms with Crippen LogP contribution in [-0.2, 0) is 6.18 Å². The van der Waals surface area contributed by atoms with Crippen LogP contribution in [0.2, 0.25) is 0 Å². The molecule has 0 spiro atoms. The number of aromatic nitrogens is 2. The Morgan fingerprint density at radius 1 is 1.31 bits per heavy atom. The van der Waals surface area contributed by atoms with Crippen molar-refractivity contribution in [2.75, 3.05) is 5.32 Å². The number of halogens is 3. The average molecular weight is 370 g/mol. The van der Waals surface area contributed by atoms with Crippen molar-refractivity contribution in [3.63, 3.8) is 0 Å². The quantitative estimate of drug-likeness (QED) is 0.767. The van der Waals surface area contributed by atoms with Crippen LogP contribution in [0.15, 0.2) is 27.4 Å². The average Bonchev–Trinajstić information content (AvgIpc) is 3.01. The van der Waals surface area contributed by atoms with Crippen LogP contribution in [-0.4, -0.2) is 22.3 Å². The number of nitrogens with zero attached hydrogens (tertiary/aromatic N) is 1. The number of benzene rings is 1. The highest BCUT2D eigenvalue weighted by atomic mass is 19.4. The molecule has 1 aliphatic rings. The molecule has 1 fully saturated rings. The van der Waals surface area contributed by atoms with Crippen LogP contribution in [0, 0.1) is 5.92 Å². The van der Waals surface area contributed by atoms with E-state index in [1.54, 1.807) is 0 Å². The largest absolute Gasteiger partial charge is 0.434 e. The highest BCUT2D eigenvalue weighted by Gasteiger charge is 2.35. The molecule has 1 unspecified atom stereocenters. The fourth-order valence-electron chi connectivity index (χ4n) is 3.41. The van der Waals surface area contributed by atoms with Crippen molar-refractivity contribution in [1.29, 1.82) is 0 Å². The third-order valence-corrected chi connectivity index (χ3v) is 4.89. The highest BCUT2D eigenvalue weighted by Crippen LogP contribution is 2.38. The minimum absolute atomic E-state index is 0.0371. The summed E-state index contributed by atoms with van der Waals surface area (Å²) in [5, 5.41) is 8.78. The molecular formula is C17H21F3N4O2. The van der Waals surface area contributed by atoms with Gasteiger partial charge in [-0.15, -0.1) is 5.10 Å². The van der Waals surface area contributed by atoms with Gasteiger partial charge in [-0.2, -0.15) is 13.2 Å². The summed E-state index contributed by atoms with van der Waals surface area (Å²) in [5.74, 6) is -0.407. The third kappa shape index (κ3) is 4.09. The molecule has 0 aliphatic heterocycles.